The van der Waals surface area contributed by atoms with Crippen molar-refractivity contribution in [2.75, 3.05) is 0 Å². The Morgan fingerprint density at radius 2 is 1.80 bits per heavy atom. The Bertz CT molecular complexity index is 533. The number of aryl methyl sites for hydroxylation is 1. The fourth-order valence-electron chi connectivity index (χ4n) is 1.53. The van der Waals surface area contributed by atoms with Crippen LogP contribution in [0.15, 0.2) is 10.3 Å². The highest BCUT2D eigenvalue weighted by molar-refractivity contribution is 7.91. The topological polar surface area (TPSA) is 58.2 Å². The van der Waals surface area contributed by atoms with E-state index in [1.54, 1.807) is 6.07 Å². The van der Waals surface area contributed by atoms with Gasteiger partial charge in [0.25, 0.3) is 0 Å². The minimum absolute atomic E-state index is 0.0698. The van der Waals surface area contributed by atoms with E-state index < -0.39 is 10.0 Å². The molecule has 0 aromatic carbocycles. The summed E-state index contributed by atoms with van der Waals surface area (Å²) in [5.41, 5.74) is 1.03. The SMILES string of the molecule is Cc1cc(S(=O)(=O)NC(C)C(C)C)sc1CNC(C)C. The average Bonchev–Trinajstić information content (AvgIpc) is 2.68. The summed E-state index contributed by atoms with van der Waals surface area (Å²) >= 11 is 1.35. The van der Waals surface area contributed by atoms with E-state index in [2.05, 4.69) is 23.9 Å². The first-order chi connectivity index (χ1) is 9.13. The number of hydrogen-bond acceptors (Lipinski definition) is 4. The lowest BCUT2D eigenvalue weighted by Gasteiger charge is -2.16. The Balaban J connectivity index is 2.88. The van der Waals surface area contributed by atoms with Crippen molar-refractivity contribution < 1.29 is 8.42 Å². The molecule has 0 radical (unpaired) electrons. The summed E-state index contributed by atoms with van der Waals surface area (Å²) in [5, 5.41) is 3.32. The second-order valence-electron chi connectivity index (χ2n) is 5.86. The van der Waals surface area contributed by atoms with Crippen LogP contribution < -0.4 is 10.0 Å². The van der Waals surface area contributed by atoms with Crippen LogP contribution >= 0.6 is 11.3 Å². The largest absolute Gasteiger partial charge is 0.310 e. The lowest BCUT2D eigenvalue weighted by Crippen LogP contribution is -2.35. The summed E-state index contributed by atoms with van der Waals surface area (Å²) < 4.78 is 27.8. The van der Waals surface area contributed by atoms with Crippen LogP contribution in [0.4, 0.5) is 0 Å². The molecule has 20 heavy (non-hydrogen) atoms. The number of thiophene rings is 1. The Morgan fingerprint density at radius 3 is 2.30 bits per heavy atom. The highest BCUT2D eigenvalue weighted by Gasteiger charge is 2.22. The van der Waals surface area contributed by atoms with Crippen LogP contribution in [0.25, 0.3) is 0 Å². The predicted octanol–water partition coefficient (Wildman–Crippen LogP) is 2.88. The fraction of sp³-hybridized carbons (Fsp3) is 0.714. The van der Waals surface area contributed by atoms with Gasteiger partial charge in [0.15, 0.2) is 0 Å². The Hall–Kier alpha value is -0.430. The van der Waals surface area contributed by atoms with Crippen LogP contribution in [-0.4, -0.2) is 20.5 Å². The van der Waals surface area contributed by atoms with Crippen molar-refractivity contribution in [1.29, 1.82) is 0 Å². The number of hydrogen-bond donors (Lipinski definition) is 2. The van der Waals surface area contributed by atoms with Gasteiger partial charge in [-0.25, -0.2) is 13.1 Å². The van der Waals surface area contributed by atoms with Crippen LogP contribution in [0, 0.1) is 12.8 Å². The van der Waals surface area contributed by atoms with Gasteiger partial charge in [-0.1, -0.05) is 27.7 Å². The normalized spacial score (nSPS) is 14.2. The smallest absolute Gasteiger partial charge is 0.250 e. The number of rotatable bonds is 7. The Labute approximate surface area is 127 Å². The van der Waals surface area contributed by atoms with Gasteiger partial charge in [0.05, 0.1) is 0 Å². The minimum Gasteiger partial charge on any atom is -0.310 e. The summed E-state index contributed by atoms with van der Waals surface area (Å²) in [5.74, 6) is 0.271. The summed E-state index contributed by atoms with van der Waals surface area (Å²) in [6, 6.07) is 2.08. The molecule has 1 heterocycles. The predicted molar refractivity (Wildman–Crippen MR) is 85.7 cm³/mol. The average molecular weight is 319 g/mol. The van der Waals surface area contributed by atoms with E-state index >= 15 is 0 Å². The van der Waals surface area contributed by atoms with Crippen molar-refractivity contribution >= 4 is 21.4 Å². The summed E-state index contributed by atoms with van der Waals surface area (Å²) in [7, 11) is -3.40. The lowest BCUT2D eigenvalue weighted by molar-refractivity contribution is 0.477. The van der Waals surface area contributed by atoms with E-state index in [4.69, 9.17) is 0 Å². The van der Waals surface area contributed by atoms with Crippen molar-refractivity contribution in [2.24, 2.45) is 5.92 Å². The van der Waals surface area contributed by atoms with Crippen LogP contribution in [0.3, 0.4) is 0 Å². The molecule has 0 bridgehead atoms. The zero-order valence-corrected chi connectivity index (χ0v) is 14.8. The van der Waals surface area contributed by atoms with E-state index in [0.717, 1.165) is 10.4 Å². The molecule has 2 N–H and O–H groups in total. The third-order valence-electron chi connectivity index (χ3n) is 3.27. The molecule has 1 aromatic heterocycles. The van der Waals surface area contributed by atoms with E-state index in [0.29, 0.717) is 16.8 Å². The maximum atomic E-state index is 12.3. The number of sulfonamides is 1. The molecule has 0 fully saturated rings. The molecule has 1 unspecified atom stereocenters. The zero-order chi connectivity index (χ0) is 15.5. The molecular formula is C14H26N2O2S2. The van der Waals surface area contributed by atoms with Gasteiger partial charge in [0.1, 0.15) is 4.21 Å². The van der Waals surface area contributed by atoms with Crippen LogP contribution in [-0.2, 0) is 16.6 Å². The molecule has 0 amide bonds. The van der Waals surface area contributed by atoms with E-state index in [1.165, 1.54) is 11.3 Å². The van der Waals surface area contributed by atoms with Gasteiger partial charge in [0, 0.05) is 23.5 Å². The van der Waals surface area contributed by atoms with Crippen LogP contribution in [0.2, 0.25) is 0 Å². The highest BCUT2D eigenvalue weighted by Crippen LogP contribution is 2.26. The third kappa shape index (κ3) is 4.84. The highest BCUT2D eigenvalue weighted by atomic mass is 32.2. The molecular weight excluding hydrogens is 292 g/mol. The summed E-state index contributed by atoms with van der Waals surface area (Å²) in [6.07, 6.45) is 0. The molecule has 0 spiro atoms. The fourth-order valence-corrected chi connectivity index (χ4v) is 4.48. The van der Waals surface area contributed by atoms with Crippen molar-refractivity contribution in [3.8, 4) is 0 Å². The monoisotopic (exact) mass is 318 g/mol. The van der Waals surface area contributed by atoms with Crippen molar-refractivity contribution in [2.45, 2.75) is 64.4 Å². The Morgan fingerprint density at radius 1 is 1.20 bits per heavy atom. The maximum absolute atomic E-state index is 12.3. The van der Waals surface area contributed by atoms with E-state index in [9.17, 15) is 8.42 Å². The van der Waals surface area contributed by atoms with Gasteiger partial charge in [-0.3, -0.25) is 0 Å². The van der Waals surface area contributed by atoms with Crippen molar-refractivity contribution in [3.63, 3.8) is 0 Å². The first kappa shape index (κ1) is 17.6. The summed E-state index contributed by atoms with van der Waals surface area (Å²) in [4.78, 5) is 1.08. The van der Waals surface area contributed by atoms with Gasteiger partial charge in [-0.05, 0) is 31.4 Å². The van der Waals surface area contributed by atoms with Gasteiger partial charge in [0.2, 0.25) is 10.0 Å². The molecule has 0 aliphatic heterocycles. The summed E-state index contributed by atoms with van der Waals surface area (Å²) in [6.45, 7) is 12.7. The second-order valence-corrected chi connectivity index (χ2v) is 8.94. The molecule has 1 atom stereocenters. The van der Waals surface area contributed by atoms with Gasteiger partial charge < -0.3 is 5.32 Å². The van der Waals surface area contributed by atoms with Gasteiger partial charge in [-0.2, -0.15) is 0 Å². The lowest BCUT2D eigenvalue weighted by atomic mass is 10.1. The quantitative estimate of drug-likeness (QED) is 0.813. The second kappa shape index (κ2) is 7.02. The molecule has 4 nitrogen and oxygen atoms in total. The standard InChI is InChI=1S/C14H26N2O2S2/c1-9(2)12(6)16-20(17,18)14-7-11(5)13(19-14)8-15-10(3)4/h7,9-10,12,15-16H,8H2,1-6H3. The Kier molecular flexibility index (Phi) is 6.19. The number of nitrogens with one attached hydrogen (secondary N) is 2. The van der Waals surface area contributed by atoms with E-state index in [-0.39, 0.29) is 12.0 Å². The molecule has 0 aliphatic carbocycles. The zero-order valence-electron chi connectivity index (χ0n) is 13.1. The van der Waals surface area contributed by atoms with Crippen LogP contribution in [0.5, 0.6) is 0 Å². The molecule has 0 aliphatic rings. The molecule has 1 aromatic rings. The first-order valence-corrected chi connectivity index (χ1v) is 9.28. The third-order valence-corrected chi connectivity index (χ3v) is 6.54. The van der Waals surface area contributed by atoms with Crippen LogP contribution in [0.1, 0.15) is 45.1 Å². The molecule has 0 saturated carbocycles. The first-order valence-electron chi connectivity index (χ1n) is 6.98. The molecule has 116 valence electrons. The van der Waals surface area contributed by atoms with E-state index in [1.807, 2.05) is 27.7 Å². The molecule has 0 saturated heterocycles. The minimum atomic E-state index is -3.40. The molecule has 1 rings (SSSR count). The van der Waals surface area contributed by atoms with Crippen molar-refractivity contribution in [3.05, 3.63) is 16.5 Å². The van der Waals surface area contributed by atoms with Crippen molar-refractivity contribution in [1.82, 2.24) is 10.0 Å². The molecule has 6 heteroatoms. The van der Waals surface area contributed by atoms with Gasteiger partial charge >= 0.3 is 0 Å². The van der Waals surface area contributed by atoms with Gasteiger partial charge in [-0.15, -0.1) is 11.3 Å². The maximum Gasteiger partial charge on any atom is 0.250 e.